The minimum atomic E-state index is 0.248. The molecule has 0 bridgehead atoms. The van der Waals surface area contributed by atoms with Crippen LogP contribution in [-0.2, 0) is 6.42 Å². The van der Waals surface area contributed by atoms with Gasteiger partial charge >= 0.3 is 0 Å². The Morgan fingerprint density at radius 2 is 1.48 bits per heavy atom. The Hall–Kier alpha value is -0.820. The van der Waals surface area contributed by atoms with Gasteiger partial charge in [-0.05, 0) is 45.2 Å². The third kappa shape index (κ3) is 9.68. The predicted octanol–water partition coefficient (Wildman–Crippen LogP) is 5.74. The first-order valence-electron chi connectivity index (χ1n) is 8.93. The summed E-state index contributed by atoms with van der Waals surface area (Å²) in [6.45, 7) is 8.10. The van der Waals surface area contributed by atoms with E-state index in [9.17, 15) is 0 Å². The molecule has 1 aromatic rings. The fraction of sp³-hybridized carbons (Fsp3) is 0.700. The van der Waals surface area contributed by atoms with Gasteiger partial charge in [-0.3, -0.25) is 0 Å². The van der Waals surface area contributed by atoms with E-state index in [1.165, 1.54) is 56.9 Å². The molecule has 1 heteroatoms. The molecule has 1 rings (SSSR count). The molecular formula is C20H35N. The van der Waals surface area contributed by atoms with Crippen molar-refractivity contribution in [3.05, 3.63) is 35.9 Å². The van der Waals surface area contributed by atoms with Gasteiger partial charge in [-0.25, -0.2) is 0 Å². The molecular weight excluding hydrogens is 254 g/mol. The molecule has 0 saturated carbocycles. The van der Waals surface area contributed by atoms with Crippen molar-refractivity contribution in [3.8, 4) is 0 Å². The molecule has 0 amide bonds. The Balaban J connectivity index is 2.04. The number of benzene rings is 1. The first kappa shape index (κ1) is 18.2. The summed E-state index contributed by atoms with van der Waals surface area (Å²) in [5.74, 6) is 0. The summed E-state index contributed by atoms with van der Waals surface area (Å²) < 4.78 is 0. The van der Waals surface area contributed by atoms with E-state index >= 15 is 0 Å². The second-order valence-electron chi connectivity index (χ2n) is 6.92. The zero-order chi connectivity index (χ0) is 15.4. The highest BCUT2D eigenvalue weighted by Crippen LogP contribution is 2.14. The highest BCUT2D eigenvalue weighted by molar-refractivity contribution is 5.15. The first-order valence-corrected chi connectivity index (χ1v) is 8.93. The quantitative estimate of drug-likeness (QED) is 0.484. The Morgan fingerprint density at radius 1 is 0.857 bits per heavy atom. The van der Waals surface area contributed by atoms with Crippen LogP contribution in [0.1, 0.15) is 77.7 Å². The molecule has 120 valence electrons. The summed E-state index contributed by atoms with van der Waals surface area (Å²) in [4.78, 5) is 0. The third-order valence-electron chi connectivity index (χ3n) is 4.27. The zero-order valence-electron chi connectivity index (χ0n) is 14.5. The number of nitrogens with one attached hydrogen (secondary N) is 1. The second kappa shape index (κ2) is 10.8. The summed E-state index contributed by atoms with van der Waals surface area (Å²) in [6, 6.07) is 10.8. The summed E-state index contributed by atoms with van der Waals surface area (Å²) in [5, 5.41) is 3.73. The lowest BCUT2D eigenvalue weighted by Crippen LogP contribution is -2.40. The predicted molar refractivity (Wildman–Crippen MR) is 94.8 cm³/mol. The zero-order valence-corrected chi connectivity index (χ0v) is 14.5. The van der Waals surface area contributed by atoms with Gasteiger partial charge in [0, 0.05) is 5.54 Å². The monoisotopic (exact) mass is 289 g/mol. The molecule has 0 saturated heterocycles. The van der Waals surface area contributed by atoms with Crippen molar-refractivity contribution in [2.45, 2.75) is 84.1 Å². The van der Waals surface area contributed by atoms with E-state index in [4.69, 9.17) is 0 Å². The molecule has 1 aromatic carbocycles. The highest BCUT2D eigenvalue weighted by Gasteiger charge is 2.15. The lowest BCUT2D eigenvalue weighted by molar-refractivity contribution is 0.357. The van der Waals surface area contributed by atoms with Crippen LogP contribution in [0.15, 0.2) is 30.3 Å². The molecule has 0 aromatic heterocycles. The normalized spacial score (nSPS) is 11.8. The van der Waals surface area contributed by atoms with Gasteiger partial charge in [0.25, 0.3) is 0 Å². The van der Waals surface area contributed by atoms with Crippen LogP contribution in [-0.4, -0.2) is 12.1 Å². The van der Waals surface area contributed by atoms with Crippen molar-refractivity contribution in [1.82, 2.24) is 5.32 Å². The minimum Gasteiger partial charge on any atom is -0.312 e. The third-order valence-corrected chi connectivity index (χ3v) is 4.27. The molecule has 0 fully saturated rings. The van der Waals surface area contributed by atoms with Crippen molar-refractivity contribution in [1.29, 1.82) is 0 Å². The lowest BCUT2D eigenvalue weighted by atomic mass is 9.95. The van der Waals surface area contributed by atoms with E-state index in [-0.39, 0.29) is 5.54 Å². The first-order chi connectivity index (χ1) is 10.1. The Kier molecular flexibility index (Phi) is 9.41. The van der Waals surface area contributed by atoms with E-state index in [0.717, 1.165) is 13.0 Å². The average Bonchev–Trinajstić information content (AvgIpc) is 2.49. The summed E-state index contributed by atoms with van der Waals surface area (Å²) in [6.07, 6.45) is 12.1. The van der Waals surface area contributed by atoms with Gasteiger partial charge in [-0.15, -0.1) is 0 Å². The van der Waals surface area contributed by atoms with Crippen molar-refractivity contribution in [3.63, 3.8) is 0 Å². The number of aryl methyl sites for hydroxylation is 1. The van der Waals surface area contributed by atoms with E-state index in [1.54, 1.807) is 0 Å². The average molecular weight is 290 g/mol. The number of unbranched alkanes of at least 4 members (excludes halogenated alkanes) is 6. The van der Waals surface area contributed by atoms with Crippen molar-refractivity contribution < 1.29 is 0 Å². The van der Waals surface area contributed by atoms with E-state index in [2.05, 4.69) is 56.4 Å². The lowest BCUT2D eigenvalue weighted by Gasteiger charge is -2.26. The van der Waals surface area contributed by atoms with Gasteiger partial charge < -0.3 is 5.32 Å². The van der Waals surface area contributed by atoms with Gasteiger partial charge in [0.15, 0.2) is 0 Å². The van der Waals surface area contributed by atoms with E-state index in [1.807, 2.05) is 0 Å². The molecule has 0 spiro atoms. The maximum Gasteiger partial charge on any atom is 0.0128 e. The molecule has 0 heterocycles. The topological polar surface area (TPSA) is 12.0 Å². The molecule has 0 aliphatic carbocycles. The van der Waals surface area contributed by atoms with Crippen LogP contribution in [0.2, 0.25) is 0 Å². The molecule has 21 heavy (non-hydrogen) atoms. The maximum absolute atomic E-state index is 3.73. The Bertz CT molecular complexity index is 342. The van der Waals surface area contributed by atoms with Crippen LogP contribution in [0.3, 0.4) is 0 Å². The Morgan fingerprint density at radius 3 is 2.14 bits per heavy atom. The van der Waals surface area contributed by atoms with Crippen molar-refractivity contribution in [2.75, 3.05) is 6.54 Å². The standard InChI is InChI=1S/C20H35N/c1-4-5-6-7-8-9-13-18-21-20(2,3)17-16-19-14-11-10-12-15-19/h10-12,14-15,21H,4-9,13,16-18H2,1-3H3. The SMILES string of the molecule is CCCCCCCCCNC(C)(C)CCc1ccccc1. The number of rotatable bonds is 12. The fourth-order valence-electron chi connectivity index (χ4n) is 2.70. The molecule has 0 atom stereocenters. The van der Waals surface area contributed by atoms with Crippen LogP contribution in [0, 0.1) is 0 Å². The molecule has 0 unspecified atom stereocenters. The van der Waals surface area contributed by atoms with Crippen LogP contribution in [0.4, 0.5) is 0 Å². The fourth-order valence-corrected chi connectivity index (χ4v) is 2.70. The van der Waals surface area contributed by atoms with Gasteiger partial charge in [-0.2, -0.15) is 0 Å². The number of hydrogen-bond donors (Lipinski definition) is 1. The molecule has 0 radical (unpaired) electrons. The van der Waals surface area contributed by atoms with E-state index in [0.29, 0.717) is 0 Å². The van der Waals surface area contributed by atoms with Gasteiger partial charge in [0.05, 0.1) is 0 Å². The maximum atomic E-state index is 3.73. The Labute approximate surface area is 132 Å². The van der Waals surface area contributed by atoms with Gasteiger partial charge in [0.2, 0.25) is 0 Å². The number of hydrogen-bond acceptors (Lipinski definition) is 1. The van der Waals surface area contributed by atoms with E-state index < -0.39 is 0 Å². The second-order valence-corrected chi connectivity index (χ2v) is 6.92. The van der Waals surface area contributed by atoms with Crippen molar-refractivity contribution >= 4 is 0 Å². The summed E-state index contributed by atoms with van der Waals surface area (Å²) in [5.41, 5.74) is 1.70. The molecule has 1 nitrogen and oxygen atoms in total. The highest BCUT2D eigenvalue weighted by atomic mass is 14.9. The smallest absolute Gasteiger partial charge is 0.0128 e. The molecule has 0 aliphatic heterocycles. The molecule has 0 aliphatic rings. The van der Waals surface area contributed by atoms with Crippen LogP contribution in [0.5, 0.6) is 0 Å². The minimum absolute atomic E-state index is 0.248. The summed E-state index contributed by atoms with van der Waals surface area (Å²) >= 11 is 0. The van der Waals surface area contributed by atoms with Gasteiger partial charge in [-0.1, -0.05) is 75.8 Å². The van der Waals surface area contributed by atoms with Crippen LogP contribution in [0.25, 0.3) is 0 Å². The summed E-state index contributed by atoms with van der Waals surface area (Å²) in [7, 11) is 0. The largest absolute Gasteiger partial charge is 0.312 e. The van der Waals surface area contributed by atoms with Gasteiger partial charge in [0.1, 0.15) is 0 Å². The van der Waals surface area contributed by atoms with Crippen LogP contribution >= 0.6 is 0 Å². The van der Waals surface area contributed by atoms with Crippen LogP contribution < -0.4 is 5.32 Å². The molecule has 1 N–H and O–H groups in total. The van der Waals surface area contributed by atoms with Crippen molar-refractivity contribution in [2.24, 2.45) is 0 Å².